The van der Waals surface area contributed by atoms with Gasteiger partial charge in [-0.1, -0.05) is 17.9 Å². The van der Waals surface area contributed by atoms with E-state index in [0.717, 1.165) is 24.0 Å². The average Bonchev–Trinajstić information content (AvgIpc) is 2.46. The van der Waals surface area contributed by atoms with Crippen LogP contribution >= 0.6 is 0 Å². The Kier molecular flexibility index (Phi) is 5.00. The number of amides is 1. The average molecular weight is 286 g/mol. The minimum absolute atomic E-state index is 0.0600. The molecule has 1 aromatic carbocycles. The summed E-state index contributed by atoms with van der Waals surface area (Å²) in [6, 6.07) is 5.58. The molecule has 1 aliphatic heterocycles. The maximum Gasteiger partial charge on any atom is 0.251 e. The van der Waals surface area contributed by atoms with Gasteiger partial charge in [0, 0.05) is 29.9 Å². The first-order chi connectivity index (χ1) is 10.0. The molecule has 0 atom stereocenters. The van der Waals surface area contributed by atoms with E-state index in [1.807, 2.05) is 25.1 Å². The molecule has 0 aromatic heterocycles. The Hall–Kier alpha value is -1.83. The fraction of sp³-hybridized carbons (Fsp3) is 0.471. The summed E-state index contributed by atoms with van der Waals surface area (Å²) in [5.74, 6) is 5.78. The number of benzene rings is 1. The fourth-order valence-electron chi connectivity index (χ4n) is 2.34. The van der Waals surface area contributed by atoms with Crippen LogP contribution in [0.1, 0.15) is 41.3 Å². The molecular weight excluding hydrogens is 264 g/mol. The summed E-state index contributed by atoms with van der Waals surface area (Å²) in [4.78, 5) is 12.4. The van der Waals surface area contributed by atoms with Crippen LogP contribution < -0.4 is 11.1 Å². The lowest BCUT2D eigenvalue weighted by atomic mass is 9.92. The Balaban J connectivity index is 2.15. The highest BCUT2D eigenvalue weighted by atomic mass is 16.5. The lowest BCUT2D eigenvalue weighted by Crippen LogP contribution is -2.49. The molecule has 0 unspecified atom stereocenters. The summed E-state index contributed by atoms with van der Waals surface area (Å²) in [5, 5.41) is 3.12. The quantitative estimate of drug-likeness (QED) is 0.812. The zero-order valence-corrected chi connectivity index (χ0v) is 12.7. The third kappa shape index (κ3) is 4.07. The van der Waals surface area contributed by atoms with E-state index in [1.54, 1.807) is 0 Å². The third-order valence-corrected chi connectivity index (χ3v) is 3.84. The lowest BCUT2D eigenvalue weighted by Gasteiger charge is -2.34. The first-order valence-corrected chi connectivity index (χ1v) is 7.24. The number of hydrogen-bond acceptors (Lipinski definition) is 3. The molecule has 1 saturated heterocycles. The molecular formula is C17H22N2O2. The molecule has 4 heteroatoms. The second-order valence-electron chi connectivity index (χ2n) is 5.66. The SMILES string of the molecule is Cc1ccc(C(=O)NC2(C)CCOCC2)cc1C#CCN. The molecule has 1 heterocycles. The van der Waals surface area contributed by atoms with Crippen LogP contribution in [-0.4, -0.2) is 31.2 Å². The summed E-state index contributed by atoms with van der Waals surface area (Å²) in [6.45, 7) is 5.74. The summed E-state index contributed by atoms with van der Waals surface area (Å²) in [7, 11) is 0. The highest BCUT2D eigenvalue weighted by Gasteiger charge is 2.29. The van der Waals surface area contributed by atoms with Crippen LogP contribution in [0, 0.1) is 18.8 Å². The number of carbonyl (C=O) groups is 1. The number of nitrogens with one attached hydrogen (secondary N) is 1. The number of ether oxygens (including phenoxy) is 1. The molecule has 3 N–H and O–H groups in total. The Labute approximate surface area is 126 Å². The van der Waals surface area contributed by atoms with E-state index < -0.39 is 0 Å². The van der Waals surface area contributed by atoms with Crippen molar-refractivity contribution in [3.63, 3.8) is 0 Å². The molecule has 1 aliphatic rings. The van der Waals surface area contributed by atoms with Gasteiger partial charge in [-0.05, 0) is 44.4 Å². The van der Waals surface area contributed by atoms with Crippen molar-refractivity contribution in [3.8, 4) is 11.8 Å². The summed E-state index contributed by atoms with van der Waals surface area (Å²) < 4.78 is 5.35. The van der Waals surface area contributed by atoms with E-state index in [2.05, 4.69) is 24.1 Å². The van der Waals surface area contributed by atoms with Crippen LogP contribution in [0.15, 0.2) is 18.2 Å². The fourth-order valence-corrected chi connectivity index (χ4v) is 2.34. The molecule has 1 aromatic rings. The predicted octanol–water partition coefficient (Wildman–Crippen LogP) is 1.60. The molecule has 0 spiro atoms. The Morgan fingerprint density at radius 2 is 2.14 bits per heavy atom. The number of aryl methyl sites for hydroxylation is 1. The van der Waals surface area contributed by atoms with Gasteiger partial charge in [0.1, 0.15) is 0 Å². The topological polar surface area (TPSA) is 64.3 Å². The zero-order chi connectivity index (χ0) is 15.3. The van der Waals surface area contributed by atoms with Crippen molar-refractivity contribution in [1.29, 1.82) is 0 Å². The standard InChI is InChI=1S/C17H22N2O2/c1-13-5-6-15(12-14(13)4-3-9-18)16(20)19-17(2)7-10-21-11-8-17/h5-6,12H,7-11,18H2,1-2H3,(H,19,20). The van der Waals surface area contributed by atoms with Crippen LogP contribution in [0.5, 0.6) is 0 Å². The second-order valence-corrected chi connectivity index (χ2v) is 5.66. The molecule has 4 nitrogen and oxygen atoms in total. The molecule has 0 saturated carbocycles. The second kappa shape index (κ2) is 6.75. The molecule has 112 valence electrons. The van der Waals surface area contributed by atoms with Crippen molar-refractivity contribution in [3.05, 3.63) is 34.9 Å². The lowest BCUT2D eigenvalue weighted by molar-refractivity contribution is 0.0423. The monoisotopic (exact) mass is 286 g/mol. The van der Waals surface area contributed by atoms with Gasteiger partial charge in [0.2, 0.25) is 0 Å². The van der Waals surface area contributed by atoms with E-state index in [1.165, 1.54) is 0 Å². The third-order valence-electron chi connectivity index (χ3n) is 3.84. The Morgan fingerprint density at radius 1 is 1.43 bits per heavy atom. The molecule has 0 aliphatic carbocycles. The first-order valence-electron chi connectivity index (χ1n) is 7.24. The van der Waals surface area contributed by atoms with Crippen LogP contribution in [0.25, 0.3) is 0 Å². The minimum Gasteiger partial charge on any atom is -0.381 e. The van der Waals surface area contributed by atoms with Crippen molar-refractivity contribution in [2.75, 3.05) is 19.8 Å². The Morgan fingerprint density at radius 3 is 2.81 bits per heavy atom. The predicted molar refractivity (Wildman–Crippen MR) is 83.0 cm³/mol. The first kappa shape index (κ1) is 15.6. The largest absolute Gasteiger partial charge is 0.381 e. The summed E-state index contributed by atoms with van der Waals surface area (Å²) >= 11 is 0. The van der Waals surface area contributed by atoms with Gasteiger partial charge in [0.15, 0.2) is 0 Å². The molecule has 1 fully saturated rings. The van der Waals surface area contributed by atoms with Gasteiger partial charge in [-0.3, -0.25) is 4.79 Å². The van der Waals surface area contributed by atoms with Gasteiger partial charge in [-0.2, -0.15) is 0 Å². The van der Waals surface area contributed by atoms with Gasteiger partial charge >= 0.3 is 0 Å². The molecule has 1 amide bonds. The van der Waals surface area contributed by atoms with Gasteiger partial charge < -0.3 is 15.8 Å². The number of hydrogen-bond donors (Lipinski definition) is 2. The normalized spacial score (nSPS) is 16.7. The van der Waals surface area contributed by atoms with Crippen LogP contribution in [0.2, 0.25) is 0 Å². The zero-order valence-electron chi connectivity index (χ0n) is 12.7. The molecule has 0 radical (unpaired) electrons. The van der Waals surface area contributed by atoms with Crippen LogP contribution in [0.4, 0.5) is 0 Å². The smallest absolute Gasteiger partial charge is 0.251 e. The van der Waals surface area contributed by atoms with E-state index in [4.69, 9.17) is 10.5 Å². The number of nitrogens with two attached hydrogens (primary N) is 1. The maximum atomic E-state index is 12.4. The molecule has 0 bridgehead atoms. The molecule has 21 heavy (non-hydrogen) atoms. The summed E-state index contributed by atoms with van der Waals surface area (Å²) in [6.07, 6.45) is 1.68. The van der Waals surface area contributed by atoms with Crippen molar-refractivity contribution in [2.24, 2.45) is 5.73 Å². The van der Waals surface area contributed by atoms with E-state index >= 15 is 0 Å². The van der Waals surface area contributed by atoms with Crippen molar-refractivity contribution in [1.82, 2.24) is 5.32 Å². The molecule has 2 rings (SSSR count). The van der Waals surface area contributed by atoms with Crippen LogP contribution in [-0.2, 0) is 4.74 Å². The van der Waals surface area contributed by atoms with Crippen LogP contribution in [0.3, 0.4) is 0 Å². The number of rotatable bonds is 2. The van der Waals surface area contributed by atoms with E-state index in [9.17, 15) is 4.79 Å². The van der Waals surface area contributed by atoms with Gasteiger partial charge in [-0.15, -0.1) is 0 Å². The number of carbonyl (C=O) groups excluding carboxylic acids is 1. The van der Waals surface area contributed by atoms with E-state index in [-0.39, 0.29) is 11.4 Å². The van der Waals surface area contributed by atoms with Gasteiger partial charge in [-0.25, -0.2) is 0 Å². The Bertz CT molecular complexity index is 578. The van der Waals surface area contributed by atoms with Gasteiger partial charge in [0.25, 0.3) is 5.91 Å². The minimum atomic E-state index is -0.191. The summed E-state index contributed by atoms with van der Waals surface area (Å²) in [5.41, 5.74) is 7.74. The van der Waals surface area contributed by atoms with Crippen molar-refractivity contribution >= 4 is 5.91 Å². The highest BCUT2D eigenvalue weighted by molar-refractivity contribution is 5.95. The van der Waals surface area contributed by atoms with Crippen molar-refractivity contribution < 1.29 is 9.53 Å². The maximum absolute atomic E-state index is 12.4. The highest BCUT2D eigenvalue weighted by Crippen LogP contribution is 2.20. The van der Waals surface area contributed by atoms with E-state index in [0.29, 0.717) is 25.3 Å². The van der Waals surface area contributed by atoms with Crippen molar-refractivity contribution in [2.45, 2.75) is 32.2 Å². The van der Waals surface area contributed by atoms with Gasteiger partial charge in [0.05, 0.1) is 6.54 Å².